The van der Waals surface area contributed by atoms with E-state index in [9.17, 15) is 9.59 Å². The van der Waals surface area contributed by atoms with E-state index >= 15 is 0 Å². The summed E-state index contributed by atoms with van der Waals surface area (Å²) in [4.78, 5) is 28.9. The summed E-state index contributed by atoms with van der Waals surface area (Å²) in [5.41, 5.74) is 0.387. The second kappa shape index (κ2) is 9.35. The molecular weight excluding hydrogens is 344 g/mol. The summed E-state index contributed by atoms with van der Waals surface area (Å²) in [6.45, 7) is 8.41. The Morgan fingerprint density at radius 2 is 2.04 bits per heavy atom. The Bertz CT molecular complexity index is 637. The molecule has 2 aliphatic rings. The number of hydrogen-bond acceptors (Lipinski definition) is 5. The fourth-order valence-corrected chi connectivity index (χ4v) is 4.25. The van der Waals surface area contributed by atoms with E-state index in [1.54, 1.807) is 13.0 Å². The zero-order valence-electron chi connectivity index (χ0n) is 16.6. The first-order valence-electron chi connectivity index (χ1n) is 10.3. The molecule has 7 nitrogen and oxygen atoms in total. The van der Waals surface area contributed by atoms with Crippen LogP contribution in [0.15, 0.2) is 10.6 Å². The van der Waals surface area contributed by atoms with Gasteiger partial charge in [-0.3, -0.25) is 14.5 Å². The third-order valence-corrected chi connectivity index (χ3v) is 5.97. The molecule has 1 unspecified atom stereocenters. The Hall–Kier alpha value is -1.89. The highest BCUT2D eigenvalue weighted by Gasteiger charge is 2.26. The fraction of sp³-hybridized carbons (Fsp3) is 0.750. The Morgan fingerprint density at radius 3 is 2.70 bits per heavy atom. The number of piperidine rings is 1. The highest BCUT2D eigenvalue weighted by atomic mass is 16.5. The topological polar surface area (TPSA) is 78.7 Å². The van der Waals surface area contributed by atoms with Gasteiger partial charge >= 0.3 is 0 Å². The van der Waals surface area contributed by atoms with Crippen LogP contribution in [0.5, 0.6) is 0 Å². The monoisotopic (exact) mass is 376 g/mol. The Balaban J connectivity index is 1.33. The average molecular weight is 377 g/mol. The summed E-state index contributed by atoms with van der Waals surface area (Å²) in [6.07, 6.45) is 5.80. The maximum atomic E-state index is 12.4. The van der Waals surface area contributed by atoms with Gasteiger partial charge in [0.25, 0.3) is 5.91 Å². The van der Waals surface area contributed by atoms with Crippen LogP contribution in [-0.2, 0) is 4.79 Å². The summed E-state index contributed by atoms with van der Waals surface area (Å²) in [5.74, 6) is 1.27. The second-order valence-corrected chi connectivity index (χ2v) is 7.83. The molecule has 2 saturated heterocycles. The molecule has 0 radical (unpaired) electrons. The zero-order chi connectivity index (χ0) is 19.2. The van der Waals surface area contributed by atoms with Gasteiger partial charge in [0.2, 0.25) is 5.91 Å². The molecule has 0 aliphatic carbocycles. The van der Waals surface area contributed by atoms with E-state index < -0.39 is 0 Å². The number of aromatic nitrogens is 1. The van der Waals surface area contributed by atoms with Crippen molar-refractivity contribution in [3.63, 3.8) is 0 Å². The van der Waals surface area contributed by atoms with Crippen molar-refractivity contribution in [1.82, 2.24) is 20.3 Å². The van der Waals surface area contributed by atoms with Gasteiger partial charge in [-0.2, -0.15) is 0 Å². The summed E-state index contributed by atoms with van der Waals surface area (Å²) < 4.78 is 4.99. The minimum absolute atomic E-state index is 0.0555. The molecule has 2 aliphatic heterocycles. The average Bonchev–Trinajstić information content (AvgIpc) is 3.33. The van der Waals surface area contributed by atoms with Gasteiger partial charge in [0, 0.05) is 38.2 Å². The molecule has 2 fully saturated rings. The molecule has 3 heterocycles. The van der Waals surface area contributed by atoms with Gasteiger partial charge in [-0.15, -0.1) is 0 Å². The van der Waals surface area contributed by atoms with Crippen LogP contribution in [0.4, 0.5) is 0 Å². The lowest BCUT2D eigenvalue weighted by molar-refractivity contribution is -0.121. The maximum Gasteiger partial charge on any atom is 0.276 e. The summed E-state index contributed by atoms with van der Waals surface area (Å²) in [6, 6.07) is 2.19. The van der Waals surface area contributed by atoms with Crippen LogP contribution in [-0.4, -0.2) is 65.5 Å². The molecule has 27 heavy (non-hydrogen) atoms. The normalized spacial score (nSPS) is 21.6. The minimum atomic E-state index is -0.0555. The van der Waals surface area contributed by atoms with Crippen molar-refractivity contribution in [2.24, 2.45) is 5.92 Å². The third-order valence-electron chi connectivity index (χ3n) is 5.97. The number of aryl methyl sites for hydroxylation is 1. The lowest BCUT2D eigenvalue weighted by atomic mass is 9.92. The Labute approximate surface area is 161 Å². The van der Waals surface area contributed by atoms with Crippen molar-refractivity contribution in [1.29, 1.82) is 0 Å². The van der Waals surface area contributed by atoms with Gasteiger partial charge in [-0.05, 0) is 58.0 Å². The molecule has 0 saturated carbocycles. The molecule has 1 aromatic heterocycles. The van der Waals surface area contributed by atoms with Gasteiger partial charge in [-0.25, -0.2) is 0 Å². The number of rotatable bonds is 7. The van der Waals surface area contributed by atoms with Crippen molar-refractivity contribution < 1.29 is 14.1 Å². The van der Waals surface area contributed by atoms with Gasteiger partial charge < -0.3 is 14.7 Å². The number of hydrogen-bond donors (Lipinski definition) is 1. The van der Waals surface area contributed by atoms with Gasteiger partial charge in [-0.1, -0.05) is 12.1 Å². The first-order chi connectivity index (χ1) is 13.1. The first kappa shape index (κ1) is 19.9. The van der Waals surface area contributed by atoms with E-state index in [2.05, 4.69) is 22.3 Å². The lowest BCUT2D eigenvalue weighted by Gasteiger charge is -2.31. The highest BCUT2D eigenvalue weighted by Crippen LogP contribution is 2.23. The molecule has 3 rings (SSSR count). The van der Waals surface area contributed by atoms with Crippen LogP contribution in [0.2, 0.25) is 0 Å². The Morgan fingerprint density at radius 1 is 1.26 bits per heavy atom. The first-order valence-corrected chi connectivity index (χ1v) is 10.3. The predicted octanol–water partition coefficient (Wildman–Crippen LogP) is 2.22. The number of nitrogens with zero attached hydrogens (tertiary/aromatic N) is 3. The predicted molar refractivity (Wildman–Crippen MR) is 102 cm³/mol. The smallest absolute Gasteiger partial charge is 0.276 e. The molecule has 1 atom stereocenters. The zero-order valence-corrected chi connectivity index (χ0v) is 16.6. The van der Waals surface area contributed by atoms with Gasteiger partial charge in [0.15, 0.2) is 5.69 Å². The van der Waals surface area contributed by atoms with Crippen molar-refractivity contribution in [3.8, 4) is 0 Å². The summed E-state index contributed by atoms with van der Waals surface area (Å²) >= 11 is 0. The van der Waals surface area contributed by atoms with Gasteiger partial charge in [0.05, 0.1) is 0 Å². The molecule has 0 aromatic carbocycles. The standard InChI is InChI=1S/C20H32N4O3/c1-3-23-10-4-5-17(23)14-21-19(25)7-6-16-8-11-24(12-9-16)20(26)18-13-15(2)27-22-18/h13,16-17H,3-12,14H2,1-2H3,(H,21,25). The van der Waals surface area contributed by atoms with Crippen molar-refractivity contribution >= 4 is 11.8 Å². The maximum absolute atomic E-state index is 12.4. The summed E-state index contributed by atoms with van der Waals surface area (Å²) in [5, 5.41) is 6.93. The number of carbonyl (C=O) groups is 2. The molecule has 0 spiro atoms. The number of nitrogens with one attached hydrogen (secondary N) is 1. The number of amides is 2. The number of likely N-dealkylation sites (N-methyl/N-ethyl adjacent to an activating group) is 1. The third kappa shape index (κ3) is 5.31. The van der Waals surface area contributed by atoms with Crippen LogP contribution >= 0.6 is 0 Å². The van der Waals surface area contributed by atoms with E-state index in [4.69, 9.17) is 4.52 Å². The molecule has 0 bridgehead atoms. The van der Waals surface area contributed by atoms with Gasteiger partial charge in [0.1, 0.15) is 5.76 Å². The van der Waals surface area contributed by atoms with Crippen molar-refractivity contribution in [2.75, 3.05) is 32.7 Å². The van der Waals surface area contributed by atoms with E-state index in [-0.39, 0.29) is 11.8 Å². The molecule has 1 N–H and O–H groups in total. The number of carbonyl (C=O) groups excluding carboxylic acids is 2. The number of likely N-dealkylation sites (tertiary alicyclic amines) is 2. The summed E-state index contributed by atoms with van der Waals surface area (Å²) in [7, 11) is 0. The SMILES string of the molecule is CCN1CCCC1CNC(=O)CCC1CCN(C(=O)c2cc(C)on2)CC1. The second-order valence-electron chi connectivity index (χ2n) is 7.83. The fourth-order valence-electron chi connectivity index (χ4n) is 4.25. The van der Waals surface area contributed by atoms with Crippen molar-refractivity contribution in [3.05, 3.63) is 17.5 Å². The molecular formula is C20H32N4O3. The van der Waals surface area contributed by atoms with Crippen LogP contribution in [0.1, 0.15) is 61.7 Å². The van der Waals surface area contributed by atoms with E-state index in [0.717, 1.165) is 52.0 Å². The molecule has 1 aromatic rings. The largest absolute Gasteiger partial charge is 0.361 e. The molecule has 7 heteroatoms. The van der Waals surface area contributed by atoms with E-state index in [1.165, 1.54) is 12.8 Å². The quantitative estimate of drug-likeness (QED) is 0.789. The van der Waals surface area contributed by atoms with Crippen LogP contribution in [0, 0.1) is 12.8 Å². The van der Waals surface area contributed by atoms with E-state index in [0.29, 0.717) is 29.8 Å². The van der Waals surface area contributed by atoms with Crippen molar-refractivity contribution in [2.45, 2.75) is 58.4 Å². The van der Waals surface area contributed by atoms with Crippen LogP contribution < -0.4 is 5.32 Å². The highest BCUT2D eigenvalue weighted by molar-refractivity contribution is 5.92. The van der Waals surface area contributed by atoms with Crippen LogP contribution in [0.3, 0.4) is 0 Å². The lowest BCUT2D eigenvalue weighted by Crippen LogP contribution is -2.40. The minimum Gasteiger partial charge on any atom is -0.361 e. The van der Waals surface area contributed by atoms with E-state index in [1.807, 2.05) is 4.90 Å². The molecule has 150 valence electrons. The van der Waals surface area contributed by atoms with Crippen LogP contribution in [0.25, 0.3) is 0 Å². The Kier molecular flexibility index (Phi) is 6.88. The molecule has 2 amide bonds.